The predicted octanol–water partition coefficient (Wildman–Crippen LogP) is 4.06. The molecule has 0 aliphatic rings. The lowest BCUT2D eigenvalue weighted by Gasteiger charge is -2.10. The van der Waals surface area contributed by atoms with Crippen molar-refractivity contribution in [2.24, 2.45) is 0 Å². The summed E-state index contributed by atoms with van der Waals surface area (Å²) in [6.45, 7) is 4.29. The smallest absolute Gasteiger partial charge is 0.274 e. The number of halogens is 1. The third kappa shape index (κ3) is 5.25. The van der Waals surface area contributed by atoms with E-state index in [1.165, 1.54) is 12.1 Å². The van der Waals surface area contributed by atoms with Crippen LogP contribution in [0.5, 0.6) is 0 Å². The molecule has 2 amide bonds. The van der Waals surface area contributed by atoms with Gasteiger partial charge in [-0.1, -0.05) is 30.3 Å². The van der Waals surface area contributed by atoms with Crippen molar-refractivity contribution in [2.45, 2.75) is 20.3 Å². The number of aryl methyl sites for hydroxylation is 1. The third-order valence-electron chi connectivity index (χ3n) is 4.68. The lowest BCUT2D eigenvalue weighted by Crippen LogP contribution is -2.27. The Morgan fingerprint density at radius 1 is 0.897 bits per heavy atom. The molecule has 5 nitrogen and oxygen atoms in total. The Labute approximate surface area is 169 Å². The van der Waals surface area contributed by atoms with Gasteiger partial charge in [-0.2, -0.15) is 0 Å². The normalized spacial score (nSPS) is 10.4. The molecule has 1 aromatic heterocycles. The first-order valence-corrected chi connectivity index (χ1v) is 9.31. The molecule has 0 unspecified atom stereocenters. The highest BCUT2D eigenvalue weighted by Gasteiger charge is 2.13. The summed E-state index contributed by atoms with van der Waals surface area (Å²) < 4.78 is 12.9. The molecule has 0 atom stereocenters. The number of amides is 2. The number of hydrogen-bond donors (Lipinski definition) is 2. The van der Waals surface area contributed by atoms with Crippen molar-refractivity contribution in [2.75, 3.05) is 11.9 Å². The molecule has 0 saturated carbocycles. The van der Waals surface area contributed by atoms with Crippen LogP contribution in [0.2, 0.25) is 0 Å². The quantitative estimate of drug-likeness (QED) is 0.666. The van der Waals surface area contributed by atoms with Crippen LogP contribution in [0, 0.1) is 19.7 Å². The van der Waals surface area contributed by atoms with Crippen LogP contribution in [0.1, 0.15) is 37.7 Å². The Morgan fingerprint density at radius 3 is 2.28 bits per heavy atom. The van der Waals surface area contributed by atoms with E-state index in [0.29, 0.717) is 18.7 Å². The van der Waals surface area contributed by atoms with Crippen LogP contribution in [0.3, 0.4) is 0 Å². The highest BCUT2D eigenvalue weighted by atomic mass is 19.1. The first-order chi connectivity index (χ1) is 13.9. The molecule has 148 valence electrons. The van der Waals surface area contributed by atoms with E-state index in [2.05, 4.69) is 15.6 Å². The van der Waals surface area contributed by atoms with E-state index >= 15 is 0 Å². The Bertz CT molecular complexity index is 1030. The number of anilines is 1. The molecule has 2 N–H and O–H groups in total. The molecule has 1 heterocycles. The molecule has 0 bridgehead atoms. The van der Waals surface area contributed by atoms with E-state index in [1.807, 2.05) is 32.0 Å². The van der Waals surface area contributed by atoms with Crippen molar-refractivity contribution in [3.8, 4) is 0 Å². The van der Waals surface area contributed by atoms with Gasteiger partial charge in [0.05, 0.1) is 0 Å². The van der Waals surface area contributed by atoms with Gasteiger partial charge in [0, 0.05) is 12.2 Å². The number of benzene rings is 2. The van der Waals surface area contributed by atoms with Crippen LogP contribution in [0.15, 0.2) is 60.7 Å². The Morgan fingerprint density at radius 2 is 1.55 bits per heavy atom. The van der Waals surface area contributed by atoms with Crippen molar-refractivity contribution < 1.29 is 14.0 Å². The zero-order valence-corrected chi connectivity index (χ0v) is 16.3. The largest absolute Gasteiger partial charge is 0.350 e. The second-order valence-corrected chi connectivity index (χ2v) is 6.74. The van der Waals surface area contributed by atoms with Crippen LogP contribution in [-0.4, -0.2) is 23.3 Å². The van der Waals surface area contributed by atoms with Gasteiger partial charge in [-0.05, 0) is 67.3 Å². The van der Waals surface area contributed by atoms with E-state index < -0.39 is 0 Å². The first-order valence-electron chi connectivity index (χ1n) is 9.31. The summed E-state index contributed by atoms with van der Waals surface area (Å²) >= 11 is 0. The lowest BCUT2D eigenvalue weighted by atomic mass is 10.1. The summed E-state index contributed by atoms with van der Waals surface area (Å²) in [5.41, 5.74) is 4.02. The summed E-state index contributed by atoms with van der Waals surface area (Å²) in [6, 6.07) is 16.5. The second-order valence-electron chi connectivity index (χ2n) is 6.74. The maximum Gasteiger partial charge on any atom is 0.274 e. The topological polar surface area (TPSA) is 71.1 Å². The number of nitrogens with one attached hydrogen (secondary N) is 2. The fraction of sp³-hybridized carbons (Fsp3) is 0.174. The summed E-state index contributed by atoms with van der Waals surface area (Å²) in [5, 5.41) is 5.61. The zero-order chi connectivity index (χ0) is 20.8. The van der Waals surface area contributed by atoms with Gasteiger partial charge >= 0.3 is 0 Å². The number of pyridine rings is 1. The monoisotopic (exact) mass is 391 g/mol. The van der Waals surface area contributed by atoms with Crippen molar-refractivity contribution in [1.82, 2.24) is 10.3 Å². The van der Waals surface area contributed by atoms with E-state index in [-0.39, 0.29) is 29.0 Å². The number of nitrogens with zero attached hydrogens (tertiary/aromatic N) is 1. The average molecular weight is 391 g/mol. The molecule has 0 radical (unpaired) electrons. The number of carbonyl (C=O) groups is 2. The SMILES string of the molecule is Cc1cccc(NC(=O)c2cccc(C(=O)NCCc3ccc(F)cc3)n2)c1C. The number of rotatable bonds is 6. The van der Waals surface area contributed by atoms with E-state index in [0.717, 1.165) is 16.7 Å². The van der Waals surface area contributed by atoms with Crippen molar-refractivity contribution >= 4 is 17.5 Å². The maximum absolute atomic E-state index is 12.9. The third-order valence-corrected chi connectivity index (χ3v) is 4.68. The Hall–Kier alpha value is -3.54. The van der Waals surface area contributed by atoms with Gasteiger partial charge in [-0.15, -0.1) is 0 Å². The summed E-state index contributed by atoms with van der Waals surface area (Å²) in [5.74, 6) is -1.04. The minimum absolute atomic E-state index is 0.164. The molecule has 0 saturated heterocycles. The summed E-state index contributed by atoms with van der Waals surface area (Å²) in [7, 11) is 0. The van der Waals surface area contributed by atoms with Gasteiger partial charge in [0.2, 0.25) is 0 Å². The second kappa shape index (κ2) is 9.10. The molecule has 3 rings (SSSR count). The van der Waals surface area contributed by atoms with Gasteiger partial charge in [-0.3, -0.25) is 9.59 Å². The fourth-order valence-electron chi connectivity index (χ4n) is 2.82. The van der Waals surface area contributed by atoms with Crippen LogP contribution >= 0.6 is 0 Å². The zero-order valence-electron chi connectivity index (χ0n) is 16.3. The van der Waals surface area contributed by atoms with Gasteiger partial charge < -0.3 is 10.6 Å². The van der Waals surface area contributed by atoms with Crippen LogP contribution in [-0.2, 0) is 6.42 Å². The van der Waals surface area contributed by atoms with Gasteiger partial charge in [0.15, 0.2) is 0 Å². The van der Waals surface area contributed by atoms with E-state index in [4.69, 9.17) is 0 Å². The molecule has 29 heavy (non-hydrogen) atoms. The average Bonchev–Trinajstić information content (AvgIpc) is 2.73. The molecule has 6 heteroatoms. The minimum Gasteiger partial charge on any atom is -0.350 e. The van der Waals surface area contributed by atoms with Crippen molar-refractivity contribution in [3.63, 3.8) is 0 Å². The summed E-state index contributed by atoms with van der Waals surface area (Å²) in [6.07, 6.45) is 0.568. The Balaban J connectivity index is 1.62. The van der Waals surface area contributed by atoms with Crippen LogP contribution < -0.4 is 10.6 Å². The van der Waals surface area contributed by atoms with Crippen molar-refractivity contribution in [3.05, 3.63) is 94.6 Å². The van der Waals surface area contributed by atoms with Crippen molar-refractivity contribution in [1.29, 1.82) is 0 Å². The van der Waals surface area contributed by atoms with Crippen LogP contribution in [0.4, 0.5) is 10.1 Å². The first kappa shape index (κ1) is 20.2. The maximum atomic E-state index is 12.9. The molecular formula is C23H22FN3O2. The standard InChI is InChI=1S/C23H22FN3O2/c1-15-5-3-6-19(16(15)2)27-23(29)21-8-4-7-20(26-21)22(28)25-14-13-17-9-11-18(24)12-10-17/h3-12H,13-14H2,1-2H3,(H,25,28)(H,27,29). The number of carbonyl (C=O) groups excluding carboxylic acids is 2. The number of hydrogen-bond acceptors (Lipinski definition) is 3. The van der Waals surface area contributed by atoms with Gasteiger partial charge in [0.1, 0.15) is 17.2 Å². The van der Waals surface area contributed by atoms with E-state index in [9.17, 15) is 14.0 Å². The fourth-order valence-corrected chi connectivity index (χ4v) is 2.82. The van der Waals surface area contributed by atoms with Gasteiger partial charge in [-0.25, -0.2) is 9.37 Å². The van der Waals surface area contributed by atoms with Crippen LogP contribution in [0.25, 0.3) is 0 Å². The van der Waals surface area contributed by atoms with E-state index in [1.54, 1.807) is 30.3 Å². The molecular weight excluding hydrogens is 369 g/mol. The summed E-state index contributed by atoms with van der Waals surface area (Å²) in [4.78, 5) is 29.1. The van der Waals surface area contributed by atoms with Gasteiger partial charge in [0.25, 0.3) is 11.8 Å². The molecule has 3 aromatic rings. The highest BCUT2D eigenvalue weighted by molar-refractivity contribution is 6.04. The molecule has 0 fully saturated rings. The molecule has 0 aliphatic heterocycles. The Kier molecular flexibility index (Phi) is 6.34. The molecule has 2 aromatic carbocycles. The highest BCUT2D eigenvalue weighted by Crippen LogP contribution is 2.18. The molecule has 0 aliphatic carbocycles. The predicted molar refractivity (Wildman–Crippen MR) is 111 cm³/mol. The number of aromatic nitrogens is 1. The minimum atomic E-state index is -0.375. The lowest BCUT2D eigenvalue weighted by molar-refractivity contribution is 0.0949. The molecule has 0 spiro atoms.